The van der Waals surface area contributed by atoms with E-state index in [0.29, 0.717) is 5.92 Å². The van der Waals surface area contributed by atoms with Crippen molar-refractivity contribution >= 4 is 11.6 Å². The highest BCUT2D eigenvalue weighted by Gasteiger charge is 2.10. The van der Waals surface area contributed by atoms with Crippen molar-refractivity contribution in [2.45, 2.75) is 40.5 Å². The average molecular weight is 250 g/mol. The van der Waals surface area contributed by atoms with Crippen molar-refractivity contribution in [2.24, 2.45) is 5.92 Å². The van der Waals surface area contributed by atoms with Gasteiger partial charge in [-0.15, -0.1) is 0 Å². The molecule has 1 unspecified atom stereocenters. The zero-order valence-electron chi connectivity index (χ0n) is 12.1. The lowest BCUT2D eigenvalue weighted by molar-refractivity contribution is 0.545. The van der Waals surface area contributed by atoms with E-state index >= 15 is 0 Å². The highest BCUT2D eigenvalue weighted by atomic mass is 15.2. The summed E-state index contributed by atoms with van der Waals surface area (Å²) in [6.45, 7) is 11.8. The number of nitrogens with zero attached hydrogens (tertiary/aromatic N) is 3. The van der Waals surface area contributed by atoms with E-state index in [2.05, 4.69) is 47.9 Å². The summed E-state index contributed by atoms with van der Waals surface area (Å²) in [4.78, 5) is 10.9. The fourth-order valence-corrected chi connectivity index (χ4v) is 1.76. The lowest BCUT2D eigenvalue weighted by Gasteiger charge is -2.25. The lowest BCUT2D eigenvalue weighted by atomic mass is 10.1. The van der Waals surface area contributed by atoms with E-state index in [9.17, 15) is 0 Å². The van der Waals surface area contributed by atoms with Gasteiger partial charge in [0.15, 0.2) is 0 Å². The molecule has 102 valence electrons. The SMILES string of the molecule is CCCNc1cc(N(CC)CC(C)CC)ncn1. The molecule has 1 N–H and O–H groups in total. The maximum atomic E-state index is 4.38. The summed E-state index contributed by atoms with van der Waals surface area (Å²) in [6.07, 6.45) is 3.94. The normalized spacial score (nSPS) is 12.2. The minimum Gasteiger partial charge on any atom is -0.370 e. The molecule has 1 aromatic heterocycles. The van der Waals surface area contributed by atoms with Crippen LogP contribution in [-0.2, 0) is 0 Å². The molecule has 0 aliphatic rings. The molecule has 18 heavy (non-hydrogen) atoms. The molecule has 0 saturated heterocycles. The molecule has 0 spiro atoms. The quantitative estimate of drug-likeness (QED) is 0.769. The van der Waals surface area contributed by atoms with E-state index < -0.39 is 0 Å². The van der Waals surface area contributed by atoms with Crippen molar-refractivity contribution < 1.29 is 0 Å². The van der Waals surface area contributed by atoms with Gasteiger partial charge in [0.1, 0.15) is 18.0 Å². The molecular weight excluding hydrogens is 224 g/mol. The Bertz CT molecular complexity index is 340. The third-order valence-corrected chi connectivity index (χ3v) is 3.14. The van der Waals surface area contributed by atoms with Crippen LogP contribution >= 0.6 is 0 Å². The third-order valence-electron chi connectivity index (χ3n) is 3.14. The first-order chi connectivity index (χ1) is 8.71. The third kappa shape index (κ3) is 4.51. The van der Waals surface area contributed by atoms with Crippen LogP contribution in [-0.4, -0.2) is 29.6 Å². The fraction of sp³-hybridized carbons (Fsp3) is 0.714. The first kappa shape index (κ1) is 14.7. The summed E-state index contributed by atoms with van der Waals surface area (Å²) in [7, 11) is 0. The van der Waals surface area contributed by atoms with Crippen molar-refractivity contribution in [3.8, 4) is 0 Å². The van der Waals surface area contributed by atoms with Gasteiger partial charge in [0.05, 0.1) is 0 Å². The molecule has 0 aromatic carbocycles. The second kappa shape index (κ2) is 7.90. The summed E-state index contributed by atoms with van der Waals surface area (Å²) in [6, 6.07) is 2.04. The molecule has 0 bridgehead atoms. The Hall–Kier alpha value is -1.32. The van der Waals surface area contributed by atoms with E-state index in [0.717, 1.165) is 37.7 Å². The molecule has 0 saturated carbocycles. The second-order valence-corrected chi connectivity index (χ2v) is 4.74. The Kier molecular flexibility index (Phi) is 6.47. The van der Waals surface area contributed by atoms with Crippen LogP contribution in [0, 0.1) is 5.92 Å². The molecule has 0 fully saturated rings. The average Bonchev–Trinajstić information content (AvgIpc) is 2.42. The maximum Gasteiger partial charge on any atom is 0.134 e. The predicted octanol–water partition coefficient (Wildman–Crippen LogP) is 3.17. The van der Waals surface area contributed by atoms with Crippen LogP contribution in [0.2, 0.25) is 0 Å². The fourth-order valence-electron chi connectivity index (χ4n) is 1.76. The van der Waals surface area contributed by atoms with Gasteiger partial charge >= 0.3 is 0 Å². The molecule has 0 aliphatic heterocycles. The zero-order valence-corrected chi connectivity index (χ0v) is 12.1. The van der Waals surface area contributed by atoms with E-state index in [-0.39, 0.29) is 0 Å². The summed E-state index contributed by atoms with van der Waals surface area (Å²) in [5.74, 6) is 2.63. The van der Waals surface area contributed by atoms with Crippen LogP contribution in [0.5, 0.6) is 0 Å². The smallest absolute Gasteiger partial charge is 0.134 e. The summed E-state index contributed by atoms with van der Waals surface area (Å²) < 4.78 is 0. The van der Waals surface area contributed by atoms with Crippen molar-refractivity contribution in [1.82, 2.24) is 9.97 Å². The van der Waals surface area contributed by atoms with Crippen molar-refractivity contribution in [1.29, 1.82) is 0 Å². The standard InChI is InChI=1S/C14H26N4/c1-5-8-15-13-9-14(17-11-16-13)18(7-3)10-12(4)6-2/h9,11-12H,5-8,10H2,1-4H3,(H,15,16,17). The summed E-state index contributed by atoms with van der Waals surface area (Å²) in [5, 5.41) is 3.30. The molecule has 0 aliphatic carbocycles. The van der Waals surface area contributed by atoms with Crippen LogP contribution in [0.4, 0.5) is 11.6 Å². The van der Waals surface area contributed by atoms with Gasteiger partial charge in [-0.3, -0.25) is 0 Å². The van der Waals surface area contributed by atoms with Gasteiger partial charge < -0.3 is 10.2 Å². The Morgan fingerprint density at radius 3 is 2.67 bits per heavy atom. The van der Waals surface area contributed by atoms with Gasteiger partial charge in [-0.05, 0) is 19.3 Å². The molecule has 4 heteroatoms. The molecule has 1 aromatic rings. The highest BCUT2D eigenvalue weighted by Crippen LogP contribution is 2.16. The van der Waals surface area contributed by atoms with Crippen LogP contribution in [0.3, 0.4) is 0 Å². The number of rotatable bonds is 8. The molecule has 1 heterocycles. The van der Waals surface area contributed by atoms with Crippen LogP contribution in [0.25, 0.3) is 0 Å². The number of hydrogen-bond acceptors (Lipinski definition) is 4. The van der Waals surface area contributed by atoms with Crippen molar-refractivity contribution in [3.05, 3.63) is 12.4 Å². The Balaban J connectivity index is 2.72. The Morgan fingerprint density at radius 2 is 2.06 bits per heavy atom. The van der Waals surface area contributed by atoms with Crippen molar-refractivity contribution in [3.63, 3.8) is 0 Å². The number of nitrogens with one attached hydrogen (secondary N) is 1. The largest absolute Gasteiger partial charge is 0.370 e. The van der Waals surface area contributed by atoms with Gasteiger partial charge in [0.25, 0.3) is 0 Å². The molecule has 4 nitrogen and oxygen atoms in total. The minimum absolute atomic E-state index is 0.687. The second-order valence-electron chi connectivity index (χ2n) is 4.74. The number of hydrogen-bond donors (Lipinski definition) is 1. The maximum absolute atomic E-state index is 4.38. The molecular formula is C14H26N4. The lowest BCUT2D eigenvalue weighted by Crippen LogP contribution is -2.29. The van der Waals surface area contributed by atoms with Crippen LogP contribution in [0.1, 0.15) is 40.5 Å². The summed E-state index contributed by atoms with van der Waals surface area (Å²) in [5.41, 5.74) is 0. The zero-order chi connectivity index (χ0) is 13.4. The monoisotopic (exact) mass is 250 g/mol. The van der Waals surface area contributed by atoms with Crippen LogP contribution < -0.4 is 10.2 Å². The van der Waals surface area contributed by atoms with E-state index in [4.69, 9.17) is 0 Å². The highest BCUT2D eigenvalue weighted by molar-refractivity contribution is 5.48. The van der Waals surface area contributed by atoms with Crippen LogP contribution in [0.15, 0.2) is 12.4 Å². The number of anilines is 2. The summed E-state index contributed by atoms with van der Waals surface area (Å²) >= 11 is 0. The molecule has 0 radical (unpaired) electrons. The van der Waals surface area contributed by atoms with Crippen molar-refractivity contribution in [2.75, 3.05) is 29.9 Å². The first-order valence-electron chi connectivity index (χ1n) is 7.02. The Labute approximate surface area is 111 Å². The van der Waals surface area contributed by atoms with Gasteiger partial charge in [-0.25, -0.2) is 9.97 Å². The molecule has 0 amide bonds. The predicted molar refractivity (Wildman–Crippen MR) is 78.2 cm³/mol. The first-order valence-corrected chi connectivity index (χ1v) is 7.02. The minimum atomic E-state index is 0.687. The topological polar surface area (TPSA) is 41.0 Å². The van der Waals surface area contributed by atoms with Gasteiger partial charge in [0.2, 0.25) is 0 Å². The van der Waals surface area contributed by atoms with Gasteiger partial charge in [-0.2, -0.15) is 0 Å². The van der Waals surface area contributed by atoms with E-state index in [1.54, 1.807) is 6.33 Å². The van der Waals surface area contributed by atoms with Gasteiger partial charge in [-0.1, -0.05) is 27.2 Å². The number of aromatic nitrogens is 2. The van der Waals surface area contributed by atoms with Gasteiger partial charge in [0, 0.05) is 25.7 Å². The Morgan fingerprint density at radius 1 is 1.28 bits per heavy atom. The molecule has 1 atom stereocenters. The molecule has 1 rings (SSSR count). The van der Waals surface area contributed by atoms with E-state index in [1.807, 2.05) is 6.07 Å². The van der Waals surface area contributed by atoms with E-state index in [1.165, 1.54) is 6.42 Å².